The third-order valence-corrected chi connectivity index (χ3v) is 7.77. The van der Waals surface area contributed by atoms with Crippen LogP contribution in [0.5, 0.6) is 0 Å². The molecule has 0 fully saturated rings. The summed E-state index contributed by atoms with van der Waals surface area (Å²) in [5.74, 6) is 1.25. The highest BCUT2D eigenvalue weighted by Gasteiger charge is 2.16. The van der Waals surface area contributed by atoms with Crippen molar-refractivity contribution < 1.29 is 13.2 Å². The number of carbonyl (C=O) groups is 1. The van der Waals surface area contributed by atoms with Crippen molar-refractivity contribution in [2.75, 3.05) is 11.1 Å². The summed E-state index contributed by atoms with van der Waals surface area (Å²) < 4.78 is 24.7. The molecule has 3 N–H and O–H groups in total. The number of carbonyl (C=O) groups excluding carboxylic acids is 1. The highest BCUT2D eigenvalue weighted by atomic mass is 32.2. The van der Waals surface area contributed by atoms with E-state index in [0.717, 1.165) is 16.4 Å². The first-order chi connectivity index (χ1) is 16.8. The number of aryl methyl sites for hydroxylation is 1. The van der Waals surface area contributed by atoms with Gasteiger partial charge in [0.2, 0.25) is 15.9 Å². The third kappa shape index (κ3) is 6.73. The average molecular weight is 526 g/mol. The monoisotopic (exact) mass is 525 g/mol. The van der Waals surface area contributed by atoms with Gasteiger partial charge in [-0.15, -0.1) is 22.0 Å². The van der Waals surface area contributed by atoms with Crippen LogP contribution in [0.15, 0.2) is 93.8 Å². The Kier molecular flexibility index (Phi) is 7.91. The van der Waals surface area contributed by atoms with E-state index in [-0.39, 0.29) is 16.6 Å². The van der Waals surface area contributed by atoms with E-state index in [2.05, 4.69) is 46.7 Å². The number of nitrogens with zero attached hydrogens (tertiary/aromatic N) is 3. The topological polar surface area (TPSA) is 120 Å². The summed E-state index contributed by atoms with van der Waals surface area (Å²) in [7, 11) is -3.78. The number of sulfonamides is 1. The standard InChI is InChI=1S/C24H23N5O3S3/c1-17-7-11-20(12-8-17)33-15-22-27-28-24(29(22)19-5-3-2-4-6-19)34-16-23(30)26-18-9-13-21(14-10-18)35(25,31)32/h2-14H,15-16H2,1H3,(H,26,30)(H2,25,31,32). The molecule has 0 saturated heterocycles. The highest BCUT2D eigenvalue weighted by Crippen LogP contribution is 2.27. The number of primary sulfonamides is 1. The number of nitrogens with two attached hydrogens (primary N) is 1. The van der Waals surface area contributed by atoms with Gasteiger partial charge < -0.3 is 5.32 Å². The Morgan fingerprint density at radius 2 is 1.63 bits per heavy atom. The second-order valence-corrected chi connectivity index (χ2v) is 11.1. The molecule has 0 aliphatic carbocycles. The van der Waals surface area contributed by atoms with Gasteiger partial charge in [0.05, 0.1) is 16.4 Å². The van der Waals surface area contributed by atoms with Crippen molar-refractivity contribution in [1.82, 2.24) is 14.8 Å². The lowest BCUT2D eigenvalue weighted by Gasteiger charge is -2.10. The zero-order chi connectivity index (χ0) is 24.8. The van der Waals surface area contributed by atoms with Crippen molar-refractivity contribution in [3.05, 3.63) is 90.3 Å². The van der Waals surface area contributed by atoms with Crippen molar-refractivity contribution in [3.8, 4) is 5.69 Å². The molecular formula is C24H23N5O3S3. The lowest BCUT2D eigenvalue weighted by molar-refractivity contribution is -0.113. The molecule has 1 heterocycles. The van der Waals surface area contributed by atoms with Gasteiger partial charge in [-0.2, -0.15) is 0 Å². The van der Waals surface area contributed by atoms with Gasteiger partial charge in [0, 0.05) is 16.3 Å². The number of hydrogen-bond acceptors (Lipinski definition) is 7. The van der Waals surface area contributed by atoms with Gasteiger partial charge in [0.1, 0.15) is 5.82 Å². The van der Waals surface area contributed by atoms with Gasteiger partial charge in [-0.3, -0.25) is 9.36 Å². The Morgan fingerprint density at radius 1 is 0.943 bits per heavy atom. The van der Waals surface area contributed by atoms with E-state index in [0.29, 0.717) is 16.6 Å². The Labute approximate surface area is 212 Å². The molecule has 0 atom stereocenters. The number of para-hydroxylation sites is 1. The van der Waals surface area contributed by atoms with E-state index in [9.17, 15) is 13.2 Å². The number of anilines is 1. The maximum Gasteiger partial charge on any atom is 0.238 e. The van der Waals surface area contributed by atoms with Gasteiger partial charge in [-0.1, -0.05) is 47.7 Å². The first-order valence-corrected chi connectivity index (χ1v) is 14.1. The number of hydrogen-bond donors (Lipinski definition) is 2. The van der Waals surface area contributed by atoms with Crippen LogP contribution in [0.1, 0.15) is 11.4 Å². The molecule has 8 nitrogen and oxygen atoms in total. The fraction of sp³-hybridized carbons (Fsp3) is 0.125. The summed E-state index contributed by atoms with van der Waals surface area (Å²) in [5.41, 5.74) is 2.60. The predicted octanol–water partition coefficient (Wildman–Crippen LogP) is 4.25. The Bertz CT molecular complexity index is 1410. The van der Waals surface area contributed by atoms with Crippen molar-refractivity contribution in [2.24, 2.45) is 5.14 Å². The maximum atomic E-state index is 12.5. The molecule has 0 radical (unpaired) electrons. The summed E-state index contributed by atoms with van der Waals surface area (Å²) in [4.78, 5) is 13.6. The first kappa shape index (κ1) is 25.0. The average Bonchev–Trinajstić information content (AvgIpc) is 3.25. The van der Waals surface area contributed by atoms with Gasteiger partial charge in [-0.25, -0.2) is 13.6 Å². The second-order valence-electron chi connectivity index (χ2n) is 7.58. The lowest BCUT2D eigenvalue weighted by atomic mass is 10.2. The molecule has 4 rings (SSSR count). The number of benzene rings is 3. The minimum Gasteiger partial charge on any atom is -0.325 e. The molecule has 180 valence electrons. The van der Waals surface area contributed by atoms with Gasteiger partial charge in [-0.05, 0) is 55.5 Å². The lowest BCUT2D eigenvalue weighted by Crippen LogP contribution is -2.15. The van der Waals surface area contributed by atoms with Crippen molar-refractivity contribution in [3.63, 3.8) is 0 Å². The molecule has 3 aromatic carbocycles. The Morgan fingerprint density at radius 3 is 2.29 bits per heavy atom. The highest BCUT2D eigenvalue weighted by molar-refractivity contribution is 7.99. The van der Waals surface area contributed by atoms with Crippen molar-refractivity contribution in [2.45, 2.75) is 27.6 Å². The van der Waals surface area contributed by atoms with Gasteiger partial charge >= 0.3 is 0 Å². The molecule has 0 unspecified atom stereocenters. The molecule has 4 aromatic rings. The zero-order valence-corrected chi connectivity index (χ0v) is 21.2. The Hall–Kier alpha value is -3.12. The molecule has 11 heteroatoms. The smallest absolute Gasteiger partial charge is 0.238 e. The van der Waals surface area contributed by atoms with Crippen LogP contribution in [-0.2, 0) is 20.6 Å². The number of amides is 1. The van der Waals surface area contributed by atoms with E-state index in [4.69, 9.17) is 5.14 Å². The van der Waals surface area contributed by atoms with Crippen LogP contribution >= 0.6 is 23.5 Å². The van der Waals surface area contributed by atoms with Crippen molar-refractivity contribution >= 4 is 45.1 Å². The summed E-state index contributed by atoms with van der Waals surface area (Å²) in [6, 6.07) is 23.8. The summed E-state index contributed by atoms with van der Waals surface area (Å²) in [5, 5.41) is 17.2. The van der Waals surface area contributed by atoms with E-state index in [1.165, 1.54) is 41.6 Å². The molecule has 0 saturated carbocycles. The number of nitrogens with one attached hydrogen (secondary N) is 1. The molecule has 0 aliphatic heterocycles. The van der Waals surface area contributed by atoms with E-state index in [1.807, 2.05) is 34.9 Å². The van der Waals surface area contributed by atoms with Crippen LogP contribution in [0.3, 0.4) is 0 Å². The Balaban J connectivity index is 1.46. The molecule has 0 spiro atoms. The summed E-state index contributed by atoms with van der Waals surface area (Å²) in [6.45, 7) is 2.06. The molecular weight excluding hydrogens is 502 g/mol. The van der Waals surface area contributed by atoms with Crippen LogP contribution in [0, 0.1) is 6.92 Å². The van der Waals surface area contributed by atoms with Crippen LogP contribution in [0.25, 0.3) is 5.69 Å². The van der Waals surface area contributed by atoms with E-state index < -0.39 is 10.0 Å². The third-order valence-electron chi connectivity index (χ3n) is 4.90. The van der Waals surface area contributed by atoms with E-state index >= 15 is 0 Å². The molecule has 0 aliphatic rings. The molecule has 0 bridgehead atoms. The molecule has 1 aromatic heterocycles. The van der Waals surface area contributed by atoms with Gasteiger partial charge in [0.15, 0.2) is 5.16 Å². The quantitative estimate of drug-likeness (QED) is 0.314. The number of rotatable bonds is 9. The second kappa shape index (κ2) is 11.1. The SMILES string of the molecule is Cc1ccc(SCc2nnc(SCC(=O)Nc3ccc(S(N)(=O)=O)cc3)n2-c2ccccc2)cc1. The van der Waals surface area contributed by atoms with Crippen LogP contribution in [0.4, 0.5) is 5.69 Å². The normalized spacial score (nSPS) is 11.4. The zero-order valence-electron chi connectivity index (χ0n) is 18.8. The van der Waals surface area contributed by atoms with Gasteiger partial charge in [0.25, 0.3) is 0 Å². The maximum absolute atomic E-state index is 12.5. The van der Waals surface area contributed by atoms with Crippen LogP contribution in [-0.4, -0.2) is 34.8 Å². The number of aromatic nitrogens is 3. The van der Waals surface area contributed by atoms with Crippen LogP contribution < -0.4 is 10.5 Å². The minimum atomic E-state index is -3.78. The molecule has 35 heavy (non-hydrogen) atoms. The largest absolute Gasteiger partial charge is 0.325 e. The summed E-state index contributed by atoms with van der Waals surface area (Å²) in [6.07, 6.45) is 0. The fourth-order valence-corrected chi connectivity index (χ4v) is 5.26. The number of thioether (sulfide) groups is 2. The first-order valence-electron chi connectivity index (χ1n) is 10.5. The fourth-order valence-electron chi connectivity index (χ4n) is 3.16. The van der Waals surface area contributed by atoms with E-state index in [1.54, 1.807) is 11.8 Å². The van der Waals surface area contributed by atoms with Crippen LogP contribution in [0.2, 0.25) is 0 Å². The minimum absolute atomic E-state index is 0.0168. The summed E-state index contributed by atoms with van der Waals surface area (Å²) >= 11 is 2.94. The molecule has 1 amide bonds. The predicted molar refractivity (Wildman–Crippen MR) is 139 cm³/mol. The van der Waals surface area contributed by atoms with Crippen molar-refractivity contribution in [1.29, 1.82) is 0 Å².